The smallest absolute Gasteiger partial charge is 0.130 e. The minimum atomic E-state index is -0.0102. The lowest BCUT2D eigenvalue weighted by Crippen LogP contribution is -2.33. The maximum atomic E-state index is 6.10. The molecule has 0 spiro atoms. The van der Waals surface area contributed by atoms with Gasteiger partial charge in [-0.05, 0) is 35.9 Å². The summed E-state index contributed by atoms with van der Waals surface area (Å²) in [6, 6.07) is 11.2. The van der Waals surface area contributed by atoms with Gasteiger partial charge in [-0.3, -0.25) is 0 Å². The fraction of sp³-hybridized carbons (Fsp3) is 0.364. The van der Waals surface area contributed by atoms with Crippen LogP contribution in [-0.2, 0) is 6.42 Å². The molecule has 29 heavy (non-hydrogen) atoms. The molecule has 2 N–H and O–H groups in total. The van der Waals surface area contributed by atoms with Crippen LogP contribution in [-0.4, -0.2) is 40.1 Å². The van der Waals surface area contributed by atoms with E-state index in [0.29, 0.717) is 22.2 Å². The highest BCUT2D eigenvalue weighted by atomic mass is 127. The lowest BCUT2D eigenvalue weighted by atomic mass is 10.1. The van der Waals surface area contributed by atoms with Gasteiger partial charge in [-0.25, -0.2) is 0 Å². The number of nitrogens with zero attached hydrogens (tertiary/aromatic N) is 1. The minimum absolute atomic E-state index is 0.0102. The molecular weight excluding hydrogens is 538 g/mol. The summed E-state index contributed by atoms with van der Waals surface area (Å²) in [6.45, 7) is 3.38. The van der Waals surface area contributed by atoms with Crippen molar-refractivity contribution in [1.29, 1.82) is 0 Å². The average Bonchev–Trinajstić information content (AvgIpc) is 2.70. The molecule has 0 aromatic heterocycles. The summed E-state index contributed by atoms with van der Waals surface area (Å²) < 4.78 is 6.04. The number of rotatable bonds is 6. The van der Waals surface area contributed by atoms with Crippen molar-refractivity contribution < 1.29 is 4.74 Å². The van der Waals surface area contributed by atoms with E-state index in [1.54, 1.807) is 18.2 Å². The van der Waals surface area contributed by atoms with E-state index in [1.165, 1.54) is 24.6 Å². The van der Waals surface area contributed by atoms with Gasteiger partial charge in [-0.15, -0.1) is 0 Å². The zero-order chi connectivity index (χ0) is 20.6. The molecule has 7 heteroatoms. The monoisotopic (exact) mass is 560 g/mol. The number of nitrogens with two attached hydrogens (primary N) is 1. The molecule has 2 aromatic rings. The van der Waals surface area contributed by atoms with Crippen LogP contribution in [0.1, 0.15) is 17.5 Å². The van der Waals surface area contributed by atoms with E-state index < -0.39 is 0 Å². The number of thioether (sulfide) groups is 1. The molecule has 154 valence electrons. The van der Waals surface area contributed by atoms with Gasteiger partial charge in [-0.2, -0.15) is 11.8 Å². The van der Waals surface area contributed by atoms with Gasteiger partial charge in [0.15, 0.2) is 0 Å². The first kappa shape index (κ1) is 23.1. The van der Waals surface area contributed by atoms with Crippen molar-refractivity contribution >= 4 is 57.6 Å². The van der Waals surface area contributed by atoms with Crippen molar-refractivity contribution in [3.8, 4) is 23.3 Å². The van der Waals surface area contributed by atoms with Crippen LogP contribution in [0.2, 0.25) is 10.0 Å². The van der Waals surface area contributed by atoms with Crippen molar-refractivity contribution in [3.05, 3.63) is 57.6 Å². The molecule has 2 aromatic carbocycles. The molecule has 3 nitrogen and oxygen atoms in total. The van der Waals surface area contributed by atoms with Gasteiger partial charge in [0, 0.05) is 55.6 Å². The molecule has 0 radical (unpaired) electrons. The molecule has 1 aliphatic rings. The Morgan fingerprint density at radius 3 is 2.66 bits per heavy atom. The topological polar surface area (TPSA) is 38.5 Å². The third kappa shape index (κ3) is 7.54. The van der Waals surface area contributed by atoms with Crippen LogP contribution in [0.15, 0.2) is 36.4 Å². The Morgan fingerprint density at radius 2 is 1.93 bits per heavy atom. The molecule has 0 aliphatic carbocycles. The van der Waals surface area contributed by atoms with Crippen molar-refractivity contribution in [1.82, 2.24) is 4.90 Å². The van der Waals surface area contributed by atoms with E-state index in [9.17, 15) is 0 Å². The second-order valence-electron chi connectivity index (χ2n) is 6.73. The first-order valence-corrected chi connectivity index (χ1v) is 12.6. The summed E-state index contributed by atoms with van der Waals surface area (Å²) in [5, 5.41) is 0.966. The fourth-order valence-electron chi connectivity index (χ4n) is 3.00. The highest BCUT2D eigenvalue weighted by Crippen LogP contribution is 2.32. The predicted octanol–water partition coefficient (Wildman–Crippen LogP) is 5.84. The molecule has 0 bridgehead atoms. The number of benzene rings is 2. The van der Waals surface area contributed by atoms with E-state index in [4.69, 9.17) is 33.7 Å². The Hall–Kier alpha value is -0.620. The summed E-state index contributed by atoms with van der Waals surface area (Å²) in [6.07, 6.45) is 1.57. The molecule has 0 saturated carbocycles. The first-order valence-electron chi connectivity index (χ1n) is 9.46. The number of alkyl halides is 1. The van der Waals surface area contributed by atoms with Crippen LogP contribution in [0.25, 0.3) is 0 Å². The fourth-order valence-corrected chi connectivity index (χ4v) is 4.74. The maximum Gasteiger partial charge on any atom is 0.130 e. The number of hydrogen-bond acceptors (Lipinski definition) is 4. The normalized spacial score (nSPS) is 15.4. The van der Waals surface area contributed by atoms with Crippen molar-refractivity contribution in [2.45, 2.75) is 16.9 Å². The first-order chi connectivity index (χ1) is 14.0. The van der Waals surface area contributed by atoms with Gasteiger partial charge in [0.05, 0.1) is 14.1 Å². The minimum Gasteiger partial charge on any atom is -0.457 e. The van der Waals surface area contributed by atoms with Crippen molar-refractivity contribution in [2.24, 2.45) is 5.73 Å². The zero-order valence-electron chi connectivity index (χ0n) is 16.0. The van der Waals surface area contributed by atoms with E-state index in [0.717, 1.165) is 29.8 Å². The van der Waals surface area contributed by atoms with Crippen molar-refractivity contribution in [3.63, 3.8) is 0 Å². The lowest BCUT2D eigenvalue weighted by molar-refractivity contribution is 0.310. The van der Waals surface area contributed by atoms with Crippen LogP contribution in [0.3, 0.4) is 0 Å². The van der Waals surface area contributed by atoms with E-state index in [-0.39, 0.29) is 4.05 Å². The van der Waals surface area contributed by atoms with Crippen LogP contribution in [0.5, 0.6) is 11.5 Å². The van der Waals surface area contributed by atoms with Gasteiger partial charge >= 0.3 is 0 Å². The predicted molar refractivity (Wildman–Crippen MR) is 134 cm³/mol. The van der Waals surface area contributed by atoms with Gasteiger partial charge in [-0.1, -0.05) is 57.6 Å². The Balaban J connectivity index is 1.70. The van der Waals surface area contributed by atoms with Crippen LogP contribution in [0.4, 0.5) is 0 Å². The molecule has 0 amide bonds. The lowest BCUT2D eigenvalue weighted by Gasteiger charge is -2.24. The third-order valence-electron chi connectivity index (χ3n) is 4.48. The number of hydrogen-bond donors (Lipinski definition) is 1. The van der Waals surface area contributed by atoms with Crippen LogP contribution in [0, 0.1) is 11.8 Å². The summed E-state index contributed by atoms with van der Waals surface area (Å²) in [5.74, 6) is 10.5. The van der Waals surface area contributed by atoms with Gasteiger partial charge in [0.25, 0.3) is 0 Å². The average molecular weight is 561 g/mol. The molecular formula is C22H23Cl2IN2OS. The molecule has 1 aliphatic heterocycles. The second kappa shape index (κ2) is 11.7. The summed E-state index contributed by atoms with van der Waals surface area (Å²) in [7, 11) is 0. The molecule has 3 rings (SSSR count). The van der Waals surface area contributed by atoms with Gasteiger partial charge < -0.3 is 15.4 Å². The standard InChI is InChI=1S/C22H23Cl2IN2OS/c23-19-6-5-18(15-20(19)24)28-21-7-4-16(13-17(21)14-22(25)26)3-1-2-8-27-9-11-29-12-10-27/h4-7,13,15,22H,2,8-12,14,26H2. The van der Waals surface area contributed by atoms with E-state index >= 15 is 0 Å². The Morgan fingerprint density at radius 1 is 1.14 bits per heavy atom. The van der Waals surface area contributed by atoms with Crippen molar-refractivity contribution in [2.75, 3.05) is 31.1 Å². The molecule has 1 unspecified atom stereocenters. The highest BCUT2D eigenvalue weighted by Gasteiger charge is 2.11. The highest BCUT2D eigenvalue weighted by molar-refractivity contribution is 14.1. The van der Waals surface area contributed by atoms with E-state index in [1.807, 2.05) is 23.9 Å². The molecule has 1 fully saturated rings. The third-order valence-corrected chi connectivity index (χ3v) is 6.61. The SMILES string of the molecule is NC(I)Cc1cc(C#CCCN2CCSCC2)ccc1Oc1ccc(Cl)c(Cl)c1. The molecule has 1 heterocycles. The Labute approximate surface area is 200 Å². The zero-order valence-corrected chi connectivity index (χ0v) is 20.5. The van der Waals surface area contributed by atoms with Crippen LogP contribution >= 0.6 is 57.6 Å². The summed E-state index contributed by atoms with van der Waals surface area (Å²) in [4.78, 5) is 2.49. The Kier molecular flexibility index (Phi) is 9.29. The molecule has 1 atom stereocenters. The Bertz CT molecular complexity index is 892. The molecule has 1 saturated heterocycles. The summed E-state index contributed by atoms with van der Waals surface area (Å²) in [5.41, 5.74) is 8.04. The van der Waals surface area contributed by atoms with Gasteiger partial charge in [0.2, 0.25) is 0 Å². The van der Waals surface area contributed by atoms with Crippen LogP contribution < -0.4 is 10.5 Å². The largest absolute Gasteiger partial charge is 0.457 e. The number of ether oxygens (including phenoxy) is 1. The van der Waals surface area contributed by atoms with Gasteiger partial charge in [0.1, 0.15) is 11.5 Å². The number of halogens is 3. The quantitative estimate of drug-likeness (QED) is 0.208. The summed E-state index contributed by atoms with van der Waals surface area (Å²) >= 11 is 16.3. The van der Waals surface area contributed by atoms with E-state index in [2.05, 4.69) is 45.4 Å². The maximum absolute atomic E-state index is 6.10. The second-order valence-corrected chi connectivity index (χ2v) is 10.4.